The zero-order valence-corrected chi connectivity index (χ0v) is 20.3. The summed E-state index contributed by atoms with van der Waals surface area (Å²) in [7, 11) is 0. The summed E-state index contributed by atoms with van der Waals surface area (Å²) in [6.07, 6.45) is 6.86. The summed E-state index contributed by atoms with van der Waals surface area (Å²) in [5.74, 6) is -1.61. The molecule has 9 nitrogen and oxygen atoms in total. The normalized spacial score (nSPS) is 24.6. The van der Waals surface area contributed by atoms with E-state index in [1.807, 2.05) is 4.57 Å². The number of anilines is 3. The second-order valence-electron chi connectivity index (χ2n) is 9.65. The van der Waals surface area contributed by atoms with Gasteiger partial charge in [0.1, 0.15) is 11.2 Å². The number of benzene rings is 1. The first kappa shape index (κ1) is 24.6. The summed E-state index contributed by atoms with van der Waals surface area (Å²) in [6.45, 7) is 0. The molecule has 0 radical (unpaired) electrons. The Morgan fingerprint density at radius 2 is 1.83 bits per heavy atom. The molecule has 0 saturated heterocycles. The number of primary amides is 1. The molecule has 1 amide bonds. The molecule has 0 aliphatic heterocycles. The van der Waals surface area contributed by atoms with Gasteiger partial charge in [0.2, 0.25) is 17.8 Å². The average molecular weight is 520 g/mol. The highest BCUT2D eigenvalue weighted by Gasteiger charge is 2.30. The minimum atomic E-state index is -0.847. The lowest BCUT2D eigenvalue weighted by Crippen LogP contribution is -2.30. The van der Waals surface area contributed by atoms with Crippen molar-refractivity contribution >= 4 is 46.3 Å². The van der Waals surface area contributed by atoms with E-state index in [4.69, 9.17) is 22.3 Å². The van der Waals surface area contributed by atoms with Crippen LogP contribution in [0.1, 0.15) is 57.4 Å². The molecule has 2 heterocycles. The number of halogens is 3. The Bertz CT molecular complexity index is 1260. The molecular formula is C24H28ClF2N7O2. The van der Waals surface area contributed by atoms with Gasteiger partial charge in [-0.3, -0.25) is 9.36 Å². The van der Waals surface area contributed by atoms with Gasteiger partial charge >= 0.3 is 0 Å². The first-order valence-electron chi connectivity index (χ1n) is 12.2. The number of fused-ring (bicyclic) bond motifs is 1. The topological polar surface area (TPSA) is 131 Å². The first-order chi connectivity index (χ1) is 17.3. The molecule has 0 spiro atoms. The van der Waals surface area contributed by atoms with Crippen LogP contribution in [0.15, 0.2) is 18.3 Å². The van der Waals surface area contributed by atoms with E-state index in [0.29, 0.717) is 49.2 Å². The van der Waals surface area contributed by atoms with Crippen molar-refractivity contribution in [1.29, 1.82) is 0 Å². The Morgan fingerprint density at radius 3 is 2.50 bits per heavy atom. The van der Waals surface area contributed by atoms with Crippen LogP contribution in [0.25, 0.3) is 11.2 Å². The van der Waals surface area contributed by atoms with Crippen LogP contribution in [0.5, 0.6) is 0 Å². The van der Waals surface area contributed by atoms with E-state index < -0.39 is 11.6 Å². The van der Waals surface area contributed by atoms with Crippen molar-refractivity contribution in [3.8, 4) is 0 Å². The largest absolute Gasteiger partial charge is 0.393 e. The molecule has 2 aromatic heterocycles. The summed E-state index contributed by atoms with van der Waals surface area (Å²) >= 11 is 5.78. The number of carbonyl (C=O) groups is 1. The fourth-order valence-corrected chi connectivity index (χ4v) is 5.46. The van der Waals surface area contributed by atoms with Crippen LogP contribution in [-0.4, -0.2) is 42.7 Å². The van der Waals surface area contributed by atoms with Gasteiger partial charge in [-0.1, -0.05) is 11.6 Å². The Kier molecular flexibility index (Phi) is 6.94. The van der Waals surface area contributed by atoms with Crippen LogP contribution in [0.4, 0.5) is 26.4 Å². The van der Waals surface area contributed by atoms with Crippen molar-refractivity contribution in [2.24, 2.45) is 11.7 Å². The first-order valence-corrected chi connectivity index (χ1v) is 12.6. The van der Waals surface area contributed by atoms with Gasteiger partial charge in [0, 0.05) is 23.0 Å². The maximum absolute atomic E-state index is 14.6. The van der Waals surface area contributed by atoms with Crippen LogP contribution < -0.4 is 16.4 Å². The Morgan fingerprint density at radius 1 is 1.11 bits per heavy atom. The average Bonchev–Trinajstić information content (AvgIpc) is 3.18. The number of nitrogens with zero attached hydrogens (tertiary/aromatic N) is 4. The third kappa shape index (κ3) is 5.08. The summed E-state index contributed by atoms with van der Waals surface area (Å²) in [5, 5.41) is 16.0. The van der Waals surface area contributed by atoms with Crippen molar-refractivity contribution in [2.75, 3.05) is 10.6 Å². The Balaban J connectivity index is 1.51. The highest BCUT2D eigenvalue weighted by Crippen LogP contribution is 2.38. The molecule has 2 saturated carbocycles. The molecular weight excluding hydrogens is 492 g/mol. The van der Waals surface area contributed by atoms with E-state index >= 15 is 0 Å². The van der Waals surface area contributed by atoms with Crippen molar-refractivity contribution < 1.29 is 18.7 Å². The lowest BCUT2D eigenvalue weighted by molar-refractivity contribution is -0.122. The standard InChI is InChI=1S/C24H28ClF2N7O2/c25-13-8-17(26)20(18(27)9-13)32-24-31-19-11-29-23(30-14-2-1-3-16(35)10-14)33-22(19)34(24)15-6-4-12(5-7-15)21(28)36/h8-9,11-12,14-16,35H,1-7,10H2,(H2,28,36)(H,31,32)(H,29,30,33)/t12?,14-,15?,16-/m0/s1. The Labute approximate surface area is 211 Å². The van der Waals surface area contributed by atoms with Gasteiger partial charge in [-0.15, -0.1) is 0 Å². The predicted octanol–water partition coefficient (Wildman–Crippen LogP) is 4.43. The monoisotopic (exact) mass is 519 g/mol. The van der Waals surface area contributed by atoms with Crippen LogP contribution in [0, 0.1) is 17.6 Å². The molecule has 36 heavy (non-hydrogen) atoms. The van der Waals surface area contributed by atoms with Crippen molar-refractivity contribution in [1.82, 2.24) is 19.5 Å². The van der Waals surface area contributed by atoms with E-state index in [1.165, 1.54) is 0 Å². The number of hydrogen-bond acceptors (Lipinski definition) is 7. The smallest absolute Gasteiger partial charge is 0.224 e. The van der Waals surface area contributed by atoms with Gasteiger partial charge in [-0.05, 0) is 63.5 Å². The molecule has 5 rings (SSSR count). The molecule has 192 valence electrons. The summed E-state index contributed by atoms with van der Waals surface area (Å²) in [6, 6.07) is 1.98. The van der Waals surface area contributed by atoms with Crippen molar-refractivity contribution in [3.63, 3.8) is 0 Å². The van der Waals surface area contributed by atoms with Gasteiger partial charge in [-0.25, -0.2) is 18.7 Å². The van der Waals surface area contributed by atoms with Crippen LogP contribution in [0.2, 0.25) is 5.02 Å². The third-order valence-corrected chi connectivity index (χ3v) is 7.34. The van der Waals surface area contributed by atoms with Crippen LogP contribution in [0.3, 0.4) is 0 Å². The number of aromatic nitrogens is 4. The number of nitrogens with one attached hydrogen (secondary N) is 2. The number of nitrogens with two attached hydrogens (primary N) is 1. The lowest BCUT2D eigenvalue weighted by atomic mass is 9.85. The van der Waals surface area contributed by atoms with E-state index in [1.54, 1.807) is 6.20 Å². The number of aliphatic hydroxyl groups is 1. The molecule has 5 N–H and O–H groups in total. The molecule has 12 heteroatoms. The van der Waals surface area contributed by atoms with E-state index in [-0.39, 0.29) is 46.7 Å². The second kappa shape index (κ2) is 10.1. The van der Waals surface area contributed by atoms with Gasteiger partial charge in [0.15, 0.2) is 17.3 Å². The van der Waals surface area contributed by atoms with E-state index in [0.717, 1.165) is 31.4 Å². The quantitative estimate of drug-likeness (QED) is 0.379. The molecule has 2 atom stereocenters. The van der Waals surface area contributed by atoms with E-state index in [9.17, 15) is 18.7 Å². The molecule has 3 aromatic rings. The van der Waals surface area contributed by atoms with Crippen molar-refractivity contribution in [2.45, 2.75) is 69.6 Å². The highest BCUT2D eigenvalue weighted by molar-refractivity contribution is 6.30. The summed E-state index contributed by atoms with van der Waals surface area (Å²) in [5.41, 5.74) is 6.10. The summed E-state index contributed by atoms with van der Waals surface area (Å²) < 4.78 is 31.0. The van der Waals surface area contributed by atoms with Crippen LogP contribution >= 0.6 is 11.6 Å². The van der Waals surface area contributed by atoms with Gasteiger partial charge in [0.25, 0.3) is 0 Å². The lowest BCUT2D eigenvalue weighted by Gasteiger charge is -2.29. The minimum Gasteiger partial charge on any atom is -0.393 e. The fourth-order valence-electron chi connectivity index (χ4n) is 5.26. The maximum atomic E-state index is 14.6. The number of carbonyl (C=O) groups excluding carboxylic acids is 1. The molecule has 2 aliphatic rings. The molecule has 2 aliphatic carbocycles. The van der Waals surface area contributed by atoms with Gasteiger partial charge < -0.3 is 21.5 Å². The number of aliphatic hydroxyl groups excluding tert-OH is 1. The van der Waals surface area contributed by atoms with E-state index in [2.05, 4.69) is 20.6 Å². The van der Waals surface area contributed by atoms with Gasteiger partial charge in [-0.2, -0.15) is 4.98 Å². The Hall–Kier alpha value is -3.05. The number of hydrogen-bond donors (Lipinski definition) is 4. The molecule has 1 aromatic carbocycles. The minimum absolute atomic E-state index is 0.0448. The predicted molar refractivity (Wildman–Crippen MR) is 132 cm³/mol. The highest BCUT2D eigenvalue weighted by atomic mass is 35.5. The number of amides is 1. The third-order valence-electron chi connectivity index (χ3n) is 7.12. The second-order valence-corrected chi connectivity index (χ2v) is 10.1. The zero-order valence-electron chi connectivity index (χ0n) is 19.6. The number of rotatable bonds is 6. The maximum Gasteiger partial charge on any atom is 0.224 e. The number of imidazole rings is 1. The SMILES string of the molecule is NC(=O)C1CCC(n2c(Nc3c(F)cc(Cl)cc3F)nc3cnc(N[C@H]4CCC[C@H](O)C4)nc32)CC1. The van der Waals surface area contributed by atoms with Crippen LogP contribution in [-0.2, 0) is 4.79 Å². The van der Waals surface area contributed by atoms with Gasteiger partial charge in [0.05, 0.1) is 12.3 Å². The molecule has 0 bridgehead atoms. The summed E-state index contributed by atoms with van der Waals surface area (Å²) in [4.78, 5) is 25.3. The molecule has 0 unspecified atom stereocenters. The zero-order chi connectivity index (χ0) is 25.4. The van der Waals surface area contributed by atoms with Crippen molar-refractivity contribution in [3.05, 3.63) is 35.0 Å². The fraction of sp³-hybridized carbons (Fsp3) is 0.500. The molecule has 2 fully saturated rings.